The molecule has 1 amide bonds. The van der Waals surface area contributed by atoms with E-state index in [1.165, 1.54) is 0 Å². The van der Waals surface area contributed by atoms with Gasteiger partial charge in [-0.3, -0.25) is 25.0 Å². The van der Waals surface area contributed by atoms with Crippen LogP contribution >= 0.6 is 11.6 Å². The summed E-state index contributed by atoms with van der Waals surface area (Å²) >= 11 is 5.88. The minimum atomic E-state index is -0.868. The van der Waals surface area contributed by atoms with Gasteiger partial charge >= 0.3 is 0 Å². The predicted octanol–water partition coefficient (Wildman–Crippen LogP) is 3.65. The number of nitro groups is 2. The number of carbonyl (C=O) groups excluding carboxylic acids is 1. The highest BCUT2D eigenvalue weighted by Crippen LogP contribution is 2.33. The molecule has 8 nitrogen and oxygen atoms in total. The van der Waals surface area contributed by atoms with Crippen LogP contribution in [-0.4, -0.2) is 15.8 Å². The molecule has 0 heterocycles. The Kier molecular flexibility index (Phi) is 5.10. The number of nitrogens with zero attached hydrogens (tertiary/aromatic N) is 2. The van der Waals surface area contributed by atoms with Crippen molar-refractivity contribution in [1.29, 1.82) is 0 Å². The first-order valence-corrected chi connectivity index (χ1v) is 7.17. The Morgan fingerprint density at radius 3 is 2.29 bits per heavy atom. The van der Waals surface area contributed by atoms with Gasteiger partial charge in [-0.1, -0.05) is 41.9 Å². The van der Waals surface area contributed by atoms with Gasteiger partial charge in [0.05, 0.1) is 27.5 Å². The number of nitro benzene ring substituents is 2. The van der Waals surface area contributed by atoms with Crippen LogP contribution in [0.2, 0.25) is 5.02 Å². The summed E-state index contributed by atoms with van der Waals surface area (Å²) in [4.78, 5) is 32.6. The fourth-order valence-corrected chi connectivity index (χ4v) is 2.36. The van der Waals surface area contributed by atoms with E-state index in [0.717, 1.165) is 17.7 Å². The van der Waals surface area contributed by atoms with Crippen LogP contribution in [0.4, 0.5) is 11.4 Å². The van der Waals surface area contributed by atoms with Crippen LogP contribution in [0.1, 0.15) is 28.9 Å². The molecule has 0 radical (unpaired) electrons. The monoisotopic (exact) mass is 349 g/mol. The minimum absolute atomic E-state index is 0.319. The van der Waals surface area contributed by atoms with E-state index in [0.29, 0.717) is 0 Å². The molecule has 24 heavy (non-hydrogen) atoms. The van der Waals surface area contributed by atoms with Crippen molar-refractivity contribution in [2.75, 3.05) is 0 Å². The number of hydrogen-bond donors (Lipinski definition) is 1. The average molecular weight is 350 g/mol. The highest BCUT2D eigenvalue weighted by Gasteiger charge is 2.26. The summed E-state index contributed by atoms with van der Waals surface area (Å²) in [5, 5.41) is 24.1. The molecular formula is C15H12ClN3O5. The van der Waals surface area contributed by atoms with Crippen LogP contribution in [0.5, 0.6) is 0 Å². The maximum Gasteiger partial charge on any atom is 0.295 e. The second-order valence-electron chi connectivity index (χ2n) is 4.95. The van der Waals surface area contributed by atoms with Crippen molar-refractivity contribution in [3.8, 4) is 0 Å². The van der Waals surface area contributed by atoms with Crippen molar-refractivity contribution in [3.05, 3.63) is 78.8 Å². The second-order valence-corrected chi connectivity index (χ2v) is 5.32. The van der Waals surface area contributed by atoms with Gasteiger partial charge in [0.2, 0.25) is 0 Å². The summed E-state index contributed by atoms with van der Waals surface area (Å²) in [5.41, 5.74) is -0.783. The predicted molar refractivity (Wildman–Crippen MR) is 87.1 cm³/mol. The van der Waals surface area contributed by atoms with Gasteiger partial charge in [0.15, 0.2) is 0 Å². The number of rotatable bonds is 5. The smallest absolute Gasteiger partial charge is 0.295 e. The Balaban J connectivity index is 2.38. The minimum Gasteiger partial charge on any atom is -0.345 e. The van der Waals surface area contributed by atoms with E-state index in [4.69, 9.17) is 11.6 Å². The number of nitrogens with one attached hydrogen (secondary N) is 1. The van der Waals surface area contributed by atoms with E-state index in [1.807, 2.05) is 6.07 Å². The molecule has 0 aliphatic heterocycles. The third-order valence-electron chi connectivity index (χ3n) is 3.34. The van der Waals surface area contributed by atoms with Crippen LogP contribution in [0.3, 0.4) is 0 Å². The van der Waals surface area contributed by atoms with Crippen molar-refractivity contribution in [2.45, 2.75) is 13.0 Å². The number of non-ortho nitro benzene ring substituents is 1. The summed E-state index contributed by atoms with van der Waals surface area (Å²) in [6.07, 6.45) is 0. The van der Waals surface area contributed by atoms with Gasteiger partial charge in [0.1, 0.15) is 5.02 Å². The molecule has 9 heteroatoms. The average Bonchev–Trinajstić information content (AvgIpc) is 2.55. The number of amides is 1. The second kappa shape index (κ2) is 7.05. The molecule has 0 aliphatic carbocycles. The van der Waals surface area contributed by atoms with E-state index in [-0.39, 0.29) is 5.56 Å². The van der Waals surface area contributed by atoms with Gasteiger partial charge in [-0.15, -0.1) is 0 Å². The third-order valence-corrected chi connectivity index (χ3v) is 3.73. The Labute approximate surface area is 141 Å². The standard InChI is InChI=1S/C15H12ClN3O5/c1-9(10-5-3-2-4-6-10)17-15(20)12-7-11(18(21)22)8-13(14(12)16)19(23)24/h2-9H,1H3,(H,17,20)/t9-/m0/s1. The van der Waals surface area contributed by atoms with Crippen LogP contribution in [-0.2, 0) is 0 Å². The molecule has 1 atom stereocenters. The molecule has 124 valence electrons. The lowest BCUT2D eigenvalue weighted by Crippen LogP contribution is -2.27. The molecule has 0 saturated carbocycles. The fourth-order valence-electron chi connectivity index (χ4n) is 2.10. The van der Waals surface area contributed by atoms with Crippen LogP contribution in [0.15, 0.2) is 42.5 Å². The molecular weight excluding hydrogens is 338 g/mol. The first kappa shape index (κ1) is 17.4. The lowest BCUT2D eigenvalue weighted by atomic mass is 10.1. The zero-order chi connectivity index (χ0) is 17.9. The zero-order valence-electron chi connectivity index (χ0n) is 12.4. The molecule has 0 unspecified atom stereocenters. The van der Waals surface area contributed by atoms with Crippen molar-refractivity contribution >= 4 is 28.9 Å². The van der Waals surface area contributed by atoms with Crippen molar-refractivity contribution in [3.63, 3.8) is 0 Å². The third kappa shape index (κ3) is 3.66. The Morgan fingerprint density at radius 2 is 1.75 bits per heavy atom. The van der Waals surface area contributed by atoms with Crippen molar-refractivity contribution in [2.24, 2.45) is 0 Å². The molecule has 0 saturated heterocycles. The topological polar surface area (TPSA) is 115 Å². The Bertz CT molecular complexity index is 810. The summed E-state index contributed by atoms with van der Waals surface area (Å²) in [7, 11) is 0. The number of benzene rings is 2. The van der Waals surface area contributed by atoms with Gasteiger partial charge in [0.25, 0.3) is 17.3 Å². The number of hydrogen-bond acceptors (Lipinski definition) is 5. The first-order valence-electron chi connectivity index (χ1n) is 6.79. The molecule has 2 aromatic carbocycles. The van der Waals surface area contributed by atoms with E-state index in [1.54, 1.807) is 31.2 Å². The van der Waals surface area contributed by atoms with Gasteiger partial charge < -0.3 is 5.32 Å². The number of halogens is 1. The van der Waals surface area contributed by atoms with E-state index in [2.05, 4.69) is 5.32 Å². The van der Waals surface area contributed by atoms with Crippen molar-refractivity contribution in [1.82, 2.24) is 5.32 Å². The van der Waals surface area contributed by atoms with Gasteiger partial charge in [0, 0.05) is 6.07 Å². The van der Waals surface area contributed by atoms with Crippen LogP contribution in [0.25, 0.3) is 0 Å². The molecule has 0 aromatic heterocycles. The summed E-state index contributed by atoms with van der Waals surface area (Å²) < 4.78 is 0. The summed E-state index contributed by atoms with van der Waals surface area (Å²) in [6, 6.07) is 10.2. The molecule has 2 rings (SSSR count). The van der Waals surface area contributed by atoms with Gasteiger partial charge in [-0.2, -0.15) is 0 Å². The molecule has 0 spiro atoms. The molecule has 0 aliphatic rings. The Morgan fingerprint density at radius 1 is 1.12 bits per heavy atom. The molecule has 0 fully saturated rings. The first-order chi connectivity index (χ1) is 11.3. The highest BCUT2D eigenvalue weighted by molar-refractivity contribution is 6.36. The van der Waals surface area contributed by atoms with E-state index < -0.39 is 38.2 Å². The maximum atomic E-state index is 12.4. The largest absolute Gasteiger partial charge is 0.345 e. The van der Waals surface area contributed by atoms with Crippen molar-refractivity contribution < 1.29 is 14.6 Å². The lowest BCUT2D eigenvalue weighted by Gasteiger charge is -2.14. The van der Waals surface area contributed by atoms with E-state index in [9.17, 15) is 25.0 Å². The normalized spacial score (nSPS) is 11.6. The summed E-state index contributed by atoms with van der Waals surface area (Å²) in [5.74, 6) is -0.733. The summed E-state index contributed by atoms with van der Waals surface area (Å²) in [6.45, 7) is 1.72. The maximum absolute atomic E-state index is 12.4. The molecule has 0 bridgehead atoms. The zero-order valence-corrected chi connectivity index (χ0v) is 13.2. The van der Waals surface area contributed by atoms with Crippen LogP contribution in [0, 0.1) is 20.2 Å². The van der Waals surface area contributed by atoms with E-state index >= 15 is 0 Å². The van der Waals surface area contributed by atoms with Crippen LogP contribution < -0.4 is 5.32 Å². The molecule has 2 aromatic rings. The van der Waals surface area contributed by atoms with Gasteiger partial charge in [-0.25, -0.2) is 0 Å². The fraction of sp³-hybridized carbons (Fsp3) is 0.133. The molecule has 1 N–H and O–H groups in total. The number of carbonyl (C=O) groups is 1. The Hall–Kier alpha value is -3.00. The van der Waals surface area contributed by atoms with Gasteiger partial charge in [-0.05, 0) is 12.5 Å². The quantitative estimate of drug-likeness (QED) is 0.653. The SMILES string of the molecule is C[C@H](NC(=O)c1cc([N+](=O)[O-])cc([N+](=O)[O-])c1Cl)c1ccccc1. The lowest BCUT2D eigenvalue weighted by molar-refractivity contribution is -0.394. The highest BCUT2D eigenvalue weighted by atomic mass is 35.5.